The van der Waals surface area contributed by atoms with E-state index in [0.717, 1.165) is 13.0 Å². The van der Waals surface area contributed by atoms with E-state index in [1.165, 1.54) is 0 Å². The van der Waals surface area contributed by atoms with Gasteiger partial charge in [0.15, 0.2) is 17.3 Å². The highest BCUT2D eigenvalue weighted by molar-refractivity contribution is 5.46. The Morgan fingerprint density at radius 1 is 1.24 bits per heavy atom. The summed E-state index contributed by atoms with van der Waals surface area (Å²) in [6.07, 6.45) is 0.944. The van der Waals surface area contributed by atoms with E-state index in [2.05, 4.69) is 28.5 Å². The minimum absolute atomic E-state index is 0.249. The minimum atomic E-state index is 0.249. The molecule has 2 aromatic rings. The molecule has 110 valence electrons. The molecule has 0 radical (unpaired) electrons. The fourth-order valence-electron chi connectivity index (χ4n) is 1.82. The molecule has 0 spiro atoms. The van der Waals surface area contributed by atoms with E-state index in [0.29, 0.717) is 29.5 Å². The molecule has 1 aromatic heterocycles. The molecule has 0 bridgehead atoms. The van der Waals surface area contributed by atoms with E-state index < -0.39 is 0 Å². The Balaban J connectivity index is 2.12. The van der Waals surface area contributed by atoms with Crippen molar-refractivity contribution in [3.05, 3.63) is 29.6 Å². The van der Waals surface area contributed by atoms with E-state index in [1.54, 1.807) is 22.9 Å². The Bertz CT molecular complexity index is 633. The van der Waals surface area contributed by atoms with E-state index in [9.17, 15) is 0 Å². The lowest BCUT2D eigenvalue weighted by molar-refractivity contribution is 0.257. The maximum absolute atomic E-state index is 8.92. The largest absolute Gasteiger partial charge is 0.490 e. The highest BCUT2D eigenvalue weighted by atomic mass is 16.5. The van der Waals surface area contributed by atoms with Crippen LogP contribution in [0.1, 0.15) is 31.7 Å². The molecule has 7 heteroatoms. The van der Waals surface area contributed by atoms with Crippen LogP contribution in [0.15, 0.2) is 18.2 Å². The number of nitriles is 1. The molecule has 0 aliphatic rings. The van der Waals surface area contributed by atoms with Crippen molar-refractivity contribution in [1.82, 2.24) is 20.2 Å². The molecule has 0 unspecified atom stereocenters. The lowest BCUT2D eigenvalue weighted by Crippen LogP contribution is -2.09. The zero-order valence-corrected chi connectivity index (χ0v) is 12.1. The second-order valence-corrected chi connectivity index (χ2v) is 4.31. The number of hydrogen-bond donors (Lipinski definition) is 0. The third-order valence-corrected chi connectivity index (χ3v) is 2.77. The first-order valence-electron chi connectivity index (χ1n) is 6.83. The molecule has 0 saturated heterocycles. The lowest BCUT2D eigenvalue weighted by Gasteiger charge is -2.11. The molecule has 0 saturated carbocycles. The molecular formula is C14H17N5O2. The number of tetrazole rings is 1. The van der Waals surface area contributed by atoms with Crippen LogP contribution in [0.5, 0.6) is 11.5 Å². The van der Waals surface area contributed by atoms with Gasteiger partial charge in [0.2, 0.25) is 0 Å². The summed E-state index contributed by atoms with van der Waals surface area (Å²) in [5, 5.41) is 20.4. The molecule has 0 fully saturated rings. The lowest BCUT2D eigenvalue weighted by atomic mass is 10.2. The van der Waals surface area contributed by atoms with Crippen molar-refractivity contribution in [3.8, 4) is 17.6 Å². The van der Waals surface area contributed by atoms with Gasteiger partial charge in [0.1, 0.15) is 6.61 Å². The van der Waals surface area contributed by atoms with Crippen LogP contribution in [0.25, 0.3) is 0 Å². The van der Waals surface area contributed by atoms with Gasteiger partial charge in [-0.25, -0.2) is 4.68 Å². The Labute approximate surface area is 123 Å². The molecule has 1 aromatic carbocycles. The fourth-order valence-corrected chi connectivity index (χ4v) is 1.82. The van der Waals surface area contributed by atoms with Crippen molar-refractivity contribution in [1.29, 1.82) is 5.26 Å². The van der Waals surface area contributed by atoms with E-state index in [1.807, 2.05) is 6.92 Å². The first-order chi connectivity index (χ1) is 10.3. The van der Waals surface area contributed by atoms with E-state index in [-0.39, 0.29) is 6.61 Å². The smallest absolute Gasteiger partial charge is 0.189 e. The first kappa shape index (κ1) is 14.8. The second kappa shape index (κ2) is 7.24. The summed E-state index contributed by atoms with van der Waals surface area (Å²) in [5.41, 5.74) is 0.529. The molecule has 7 nitrogen and oxygen atoms in total. The molecule has 0 amide bonds. The number of nitrogens with zero attached hydrogens (tertiary/aromatic N) is 5. The van der Waals surface area contributed by atoms with Crippen LogP contribution in [0.4, 0.5) is 0 Å². The number of hydrogen-bond acceptors (Lipinski definition) is 6. The maximum Gasteiger partial charge on any atom is 0.189 e. The SMILES string of the molecule is CCCn1nnnc1COc1ccc(C#N)cc1OCC. The van der Waals surface area contributed by atoms with Crippen molar-refractivity contribution < 1.29 is 9.47 Å². The highest BCUT2D eigenvalue weighted by Gasteiger charge is 2.10. The predicted octanol–water partition coefficient (Wildman–Crippen LogP) is 1.93. The van der Waals surface area contributed by atoms with E-state index in [4.69, 9.17) is 14.7 Å². The van der Waals surface area contributed by atoms with Gasteiger partial charge < -0.3 is 9.47 Å². The zero-order valence-electron chi connectivity index (χ0n) is 12.1. The summed E-state index contributed by atoms with van der Waals surface area (Å²) >= 11 is 0. The molecule has 1 heterocycles. The van der Waals surface area contributed by atoms with Crippen molar-refractivity contribution in [2.75, 3.05) is 6.61 Å². The van der Waals surface area contributed by atoms with Gasteiger partial charge in [-0.05, 0) is 35.9 Å². The maximum atomic E-state index is 8.92. The number of rotatable bonds is 7. The summed E-state index contributed by atoms with van der Waals surface area (Å²) in [6, 6.07) is 7.14. The molecule has 0 N–H and O–H groups in total. The van der Waals surface area contributed by atoms with Crippen LogP contribution in [0.2, 0.25) is 0 Å². The van der Waals surface area contributed by atoms with Crippen LogP contribution in [-0.4, -0.2) is 26.8 Å². The van der Waals surface area contributed by atoms with E-state index >= 15 is 0 Å². The van der Waals surface area contributed by atoms with Gasteiger partial charge in [-0.3, -0.25) is 0 Å². The molecule has 21 heavy (non-hydrogen) atoms. The summed E-state index contributed by atoms with van der Waals surface area (Å²) in [7, 11) is 0. The van der Waals surface area contributed by atoms with Crippen molar-refractivity contribution in [2.24, 2.45) is 0 Å². The van der Waals surface area contributed by atoms with Crippen molar-refractivity contribution >= 4 is 0 Å². The molecular weight excluding hydrogens is 270 g/mol. The van der Waals surface area contributed by atoms with Gasteiger partial charge in [0, 0.05) is 12.6 Å². The topological polar surface area (TPSA) is 85.9 Å². The van der Waals surface area contributed by atoms with Crippen LogP contribution in [-0.2, 0) is 13.2 Å². The molecule has 0 atom stereocenters. The average Bonchev–Trinajstić information content (AvgIpc) is 2.94. The Hall–Kier alpha value is -2.62. The van der Waals surface area contributed by atoms with Crippen molar-refractivity contribution in [3.63, 3.8) is 0 Å². The summed E-state index contributed by atoms with van der Waals surface area (Å²) in [6.45, 7) is 5.43. The number of benzene rings is 1. The summed E-state index contributed by atoms with van der Waals surface area (Å²) in [5.74, 6) is 1.77. The monoisotopic (exact) mass is 287 g/mol. The van der Waals surface area contributed by atoms with Gasteiger partial charge in [0.25, 0.3) is 0 Å². The number of ether oxygens (including phenoxy) is 2. The van der Waals surface area contributed by atoms with Gasteiger partial charge in [0.05, 0.1) is 18.2 Å². The van der Waals surface area contributed by atoms with Gasteiger partial charge in [-0.1, -0.05) is 6.92 Å². The first-order valence-corrected chi connectivity index (χ1v) is 6.83. The number of aryl methyl sites for hydroxylation is 1. The quantitative estimate of drug-likeness (QED) is 0.773. The standard InChI is InChI=1S/C14H17N5O2/c1-3-7-19-14(16-17-18-19)10-21-12-6-5-11(9-15)8-13(12)20-4-2/h5-6,8H,3-4,7,10H2,1-2H3. The van der Waals surface area contributed by atoms with Crippen LogP contribution in [0.3, 0.4) is 0 Å². The van der Waals surface area contributed by atoms with Crippen LogP contribution < -0.4 is 9.47 Å². The fraction of sp³-hybridized carbons (Fsp3) is 0.429. The third kappa shape index (κ3) is 3.69. The highest BCUT2D eigenvalue weighted by Crippen LogP contribution is 2.28. The average molecular weight is 287 g/mol. The third-order valence-electron chi connectivity index (χ3n) is 2.77. The Morgan fingerprint density at radius 3 is 2.81 bits per heavy atom. The van der Waals surface area contributed by atoms with Crippen LogP contribution >= 0.6 is 0 Å². The summed E-state index contributed by atoms with van der Waals surface area (Å²) < 4.78 is 12.9. The second-order valence-electron chi connectivity index (χ2n) is 4.31. The van der Waals surface area contributed by atoms with Crippen molar-refractivity contribution in [2.45, 2.75) is 33.4 Å². The number of aromatic nitrogens is 4. The van der Waals surface area contributed by atoms with Crippen LogP contribution in [0, 0.1) is 11.3 Å². The Kier molecular flexibility index (Phi) is 5.10. The Morgan fingerprint density at radius 2 is 2.10 bits per heavy atom. The molecule has 0 aliphatic heterocycles. The van der Waals surface area contributed by atoms with Gasteiger partial charge >= 0.3 is 0 Å². The molecule has 2 rings (SSSR count). The predicted molar refractivity (Wildman–Crippen MR) is 74.8 cm³/mol. The normalized spacial score (nSPS) is 10.1. The minimum Gasteiger partial charge on any atom is -0.490 e. The summed E-state index contributed by atoms with van der Waals surface area (Å²) in [4.78, 5) is 0. The van der Waals surface area contributed by atoms with Gasteiger partial charge in [-0.15, -0.1) is 5.10 Å². The van der Waals surface area contributed by atoms with Gasteiger partial charge in [-0.2, -0.15) is 5.26 Å². The molecule has 0 aliphatic carbocycles. The zero-order chi connectivity index (χ0) is 15.1.